The Morgan fingerprint density at radius 3 is 1.96 bits per heavy atom. The second-order valence-corrected chi connectivity index (χ2v) is 15.6. The molecule has 0 spiro atoms. The lowest BCUT2D eigenvalue weighted by Crippen LogP contribution is -2.25. The highest BCUT2D eigenvalue weighted by atomic mass is 28.3. The first kappa shape index (κ1) is 25.0. The van der Waals surface area contributed by atoms with Gasteiger partial charge in [-0.25, -0.2) is 0 Å². The first-order valence-electron chi connectivity index (χ1n) is 11.4. The predicted octanol–water partition coefficient (Wildman–Crippen LogP) is 9.10. The van der Waals surface area contributed by atoms with Crippen LogP contribution in [0.25, 0.3) is 0 Å². The quantitative estimate of drug-likeness (QED) is 0.145. The third kappa shape index (κ3) is 17.1. The fraction of sp³-hybridized carbons (Fsp3) is 0.917. The van der Waals surface area contributed by atoms with Crippen molar-refractivity contribution >= 4 is 8.07 Å². The van der Waals surface area contributed by atoms with Gasteiger partial charge in [0.25, 0.3) is 0 Å². The summed E-state index contributed by atoms with van der Waals surface area (Å²) < 4.78 is 0. The zero-order valence-electron chi connectivity index (χ0n) is 18.9. The van der Waals surface area contributed by atoms with Crippen LogP contribution in [0.5, 0.6) is 0 Å². The second-order valence-electron chi connectivity index (χ2n) is 10.1. The van der Waals surface area contributed by atoms with Crippen molar-refractivity contribution in [3.8, 4) is 0 Å². The van der Waals surface area contributed by atoms with Crippen molar-refractivity contribution in [3.05, 3.63) is 12.2 Å². The molecule has 0 aliphatic carbocycles. The summed E-state index contributed by atoms with van der Waals surface area (Å²) in [6.45, 7) is 17.1. The first-order chi connectivity index (χ1) is 11.8. The Labute approximate surface area is 162 Å². The van der Waals surface area contributed by atoms with E-state index < -0.39 is 8.07 Å². The van der Waals surface area contributed by atoms with Crippen LogP contribution in [0.2, 0.25) is 25.7 Å². The zero-order valence-corrected chi connectivity index (χ0v) is 19.9. The fourth-order valence-corrected chi connectivity index (χ4v) is 6.17. The molecule has 0 rings (SSSR count). The summed E-state index contributed by atoms with van der Waals surface area (Å²) in [4.78, 5) is 0. The second kappa shape index (κ2) is 15.1. The van der Waals surface area contributed by atoms with Crippen LogP contribution >= 0.6 is 0 Å². The summed E-state index contributed by atoms with van der Waals surface area (Å²) in [6, 6.07) is 1.48. The Balaban J connectivity index is 4.17. The van der Waals surface area contributed by atoms with Gasteiger partial charge in [-0.3, -0.25) is 0 Å². The molecule has 2 unspecified atom stereocenters. The maximum atomic E-state index is 2.60. The Kier molecular flexibility index (Phi) is 15.0. The molecule has 0 radical (unpaired) electrons. The lowest BCUT2D eigenvalue weighted by Gasteiger charge is -2.27. The minimum atomic E-state index is -0.950. The zero-order chi connectivity index (χ0) is 19.1. The molecular formula is C24H50Si. The molecule has 0 fully saturated rings. The average Bonchev–Trinajstić information content (AvgIpc) is 2.49. The van der Waals surface area contributed by atoms with Crippen molar-refractivity contribution in [2.24, 2.45) is 17.8 Å². The molecule has 0 bridgehead atoms. The molecule has 0 saturated heterocycles. The fourth-order valence-electron chi connectivity index (χ4n) is 3.93. The van der Waals surface area contributed by atoms with Crippen LogP contribution in [0.1, 0.15) is 98.3 Å². The molecule has 25 heavy (non-hydrogen) atoms. The van der Waals surface area contributed by atoms with Crippen LogP contribution in [0.3, 0.4) is 0 Å². The Hall–Kier alpha value is -0.0431. The van der Waals surface area contributed by atoms with Gasteiger partial charge in [-0.2, -0.15) is 0 Å². The largest absolute Gasteiger partial charge is 0.0883 e. The molecule has 0 aliphatic heterocycles. The molecule has 1 heteroatoms. The van der Waals surface area contributed by atoms with Crippen LogP contribution in [-0.4, -0.2) is 8.07 Å². The normalized spacial score (nSPS) is 15.2. The third-order valence-electron chi connectivity index (χ3n) is 5.34. The molecule has 0 saturated carbocycles. The predicted molar refractivity (Wildman–Crippen MR) is 121 cm³/mol. The van der Waals surface area contributed by atoms with E-state index in [4.69, 9.17) is 0 Å². The number of rotatable bonds is 16. The summed E-state index contributed by atoms with van der Waals surface area (Å²) >= 11 is 0. The van der Waals surface area contributed by atoms with Crippen molar-refractivity contribution in [2.75, 3.05) is 0 Å². The van der Waals surface area contributed by atoms with Gasteiger partial charge >= 0.3 is 0 Å². The lowest BCUT2D eigenvalue weighted by molar-refractivity contribution is 0.411. The van der Waals surface area contributed by atoms with E-state index in [-0.39, 0.29) is 0 Å². The van der Waals surface area contributed by atoms with Gasteiger partial charge in [0.05, 0.1) is 0 Å². The van der Waals surface area contributed by atoms with Gasteiger partial charge in [-0.15, -0.1) is 0 Å². The van der Waals surface area contributed by atoms with Gasteiger partial charge in [0, 0.05) is 8.07 Å². The van der Waals surface area contributed by atoms with Gasteiger partial charge in [-0.05, 0) is 37.0 Å². The Bertz CT molecular complexity index is 311. The molecule has 150 valence electrons. The average molecular weight is 367 g/mol. The third-order valence-corrected chi connectivity index (χ3v) is 7.21. The summed E-state index contributed by atoms with van der Waals surface area (Å²) in [6.07, 6.45) is 20.5. The van der Waals surface area contributed by atoms with Crippen molar-refractivity contribution in [3.63, 3.8) is 0 Å². The lowest BCUT2D eigenvalue weighted by atomic mass is 9.89. The van der Waals surface area contributed by atoms with Gasteiger partial charge in [-0.1, -0.05) is 117 Å². The van der Waals surface area contributed by atoms with E-state index in [0.717, 1.165) is 17.8 Å². The van der Waals surface area contributed by atoms with Crippen LogP contribution in [-0.2, 0) is 0 Å². The Morgan fingerprint density at radius 1 is 0.760 bits per heavy atom. The minimum Gasteiger partial charge on any atom is -0.0883 e. The smallest absolute Gasteiger partial charge is 0.0445 e. The molecule has 0 aromatic carbocycles. The molecule has 0 aromatic rings. The van der Waals surface area contributed by atoms with E-state index in [0.29, 0.717) is 0 Å². The molecular weight excluding hydrogens is 316 g/mol. The Morgan fingerprint density at radius 2 is 1.36 bits per heavy atom. The van der Waals surface area contributed by atoms with Gasteiger partial charge in [0.1, 0.15) is 0 Å². The molecule has 0 amide bonds. The topological polar surface area (TPSA) is 0 Å². The minimum absolute atomic E-state index is 0.824. The van der Waals surface area contributed by atoms with Crippen LogP contribution < -0.4 is 0 Å². The number of unbranched alkanes of at least 4 members (excludes halogenated alkanes) is 7. The van der Waals surface area contributed by atoms with E-state index in [9.17, 15) is 0 Å². The monoisotopic (exact) mass is 366 g/mol. The number of hydrogen-bond donors (Lipinski definition) is 0. The van der Waals surface area contributed by atoms with Crippen molar-refractivity contribution in [2.45, 2.75) is 124 Å². The van der Waals surface area contributed by atoms with Crippen LogP contribution in [0.15, 0.2) is 12.2 Å². The van der Waals surface area contributed by atoms with Gasteiger partial charge in [0.2, 0.25) is 0 Å². The maximum Gasteiger partial charge on any atom is 0.0445 e. The van der Waals surface area contributed by atoms with E-state index >= 15 is 0 Å². The molecule has 0 aromatic heterocycles. The van der Waals surface area contributed by atoms with Gasteiger partial charge < -0.3 is 0 Å². The maximum absolute atomic E-state index is 2.60. The molecule has 0 aliphatic rings. The summed E-state index contributed by atoms with van der Waals surface area (Å²) in [7, 11) is -0.950. The summed E-state index contributed by atoms with van der Waals surface area (Å²) in [5.41, 5.74) is 0. The van der Waals surface area contributed by atoms with E-state index in [2.05, 4.69) is 59.5 Å². The molecule has 0 nitrogen and oxygen atoms in total. The van der Waals surface area contributed by atoms with Crippen LogP contribution in [0.4, 0.5) is 0 Å². The molecule has 0 heterocycles. The van der Waals surface area contributed by atoms with Crippen molar-refractivity contribution < 1.29 is 0 Å². The summed E-state index contributed by atoms with van der Waals surface area (Å²) in [5.74, 6) is 2.57. The van der Waals surface area contributed by atoms with Crippen LogP contribution in [0, 0.1) is 17.8 Å². The van der Waals surface area contributed by atoms with E-state index in [1.165, 1.54) is 76.7 Å². The standard InChI is InChI=1S/C24H50Si/c1-8-9-10-16-19-24(23(4)21-25(5,6)7)20-17-14-12-11-13-15-18-22(2)3/h17,20,22-24H,8-16,18-19,21H2,1-7H3/b20-17+. The highest BCUT2D eigenvalue weighted by Gasteiger charge is 2.22. The van der Waals surface area contributed by atoms with E-state index in [1.807, 2.05) is 0 Å². The first-order valence-corrected chi connectivity index (χ1v) is 15.1. The van der Waals surface area contributed by atoms with Crippen molar-refractivity contribution in [1.82, 2.24) is 0 Å². The SMILES string of the molecule is CCCCCCC(/C=C/CCCCCCC(C)C)C(C)C[Si](C)(C)C. The van der Waals surface area contributed by atoms with Crippen molar-refractivity contribution in [1.29, 1.82) is 0 Å². The van der Waals surface area contributed by atoms with E-state index in [1.54, 1.807) is 0 Å². The highest BCUT2D eigenvalue weighted by molar-refractivity contribution is 6.76. The molecule has 2 atom stereocenters. The summed E-state index contributed by atoms with van der Waals surface area (Å²) in [5, 5.41) is 0. The number of allylic oxidation sites excluding steroid dienone is 2. The molecule has 0 N–H and O–H groups in total. The number of hydrogen-bond acceptors (Lipinski definition) is 0. The van der Waals surface area contributed by atoms with Gasteiger partial charge in [0.15, 0.2) is 0 Å². The highest BCUT2D eigenvalue weighted by Crippen LogP contribution is 2.28.